The number of aliphatic imine (C=N–C) groups is 2. The number of aliphatic hydroxyl groups is 1. The molecule has 0 fully saturated rings. The minimum atomic E-state index is -0.559. The zero-order chi connectivity index (χ0) is 18.7. The summed E-state index contributed by atoms with van der Waals surface area (Å²) in [5, 5.41) is 42.1. The molecular weight excluding hydrogens is 427 g/mol. The van der Waals surface area contributed by atoms with Crippen LogP contribution in [0, 0.1) is 0 Å². The van der Waals surface area contributed by atoms with E-state index in [1.807, 2.05) is 0 Å². The standard InChI is InChI=1S/C17H18N2O4.CH4O.Cu.K/c1-23-15-8-4-5-12(16(15)21)11-18-9-10-19-17(22)13-6-2-3-7-14(13)20;1-2;;/h2-8,11,20-21H,9-10H2,1H3,(H,19,22);2H,1H3;;/q;;+2;+1/p-3. The molecule has 0 aromatic heterocycles. The molecule has 0 aliphatic carbocycles. The van der Waals surface area contributed by atoms with Gasteiger partial charge in [0.05, 0.1) is 20.2 Å². The Morgan fingerprint density at radius 3 is 2.37 bits per heavy atom. The fourth-order valence-corrected chi connectivity index (χ4v) is 1.90. The molecule has 0 bridgehead atoms. The van der Waals surface area contributed by atoms with Gasteiger partial charge in [-0.05, 0) is 23.1 Å². The Morgan fingerprint density at radius 1 is 1.07 bits per heavy atom. The number of aliphatic hydroxyl groups excluding tert-OH is 1. The monoisotopic (exact) mass is 445 g/mol. The van der Waals surface area contributed by atoms with Crippen molar-refractivity contribution in [1.82, 2.24) is 0 Å². The van der Waals surface area contributed by atoms with Crippen LogP contribution in [0.2, 0.25) is 0 Å². The summed E-state index contributed by atoms with van der Waals surface area (Å²) >= 11 is 0. The van der Waals surface area contributed by atoms with Crippen LogP contribution in [-0.4, -0.2) is 44.5 Å². The Kier molecular flexibility index (Phi) is 16.9. The van der Waals surface area contributed by atoms with E-state index in [0.717, 1.165) is 7.11 Å². The summed E-state index contributed by atoms with van der Waals surface area (Å²) in [6, 6.07) is 10.8. The van der Waals surface area contributed by atoms with Crippen LogP contribution in [0.1, 0.15) is 11.1 Å². The molecule has 0 aliphatic heterocycles. The van der Waals surface area contributed by atoms with Crippen molar-refractivity contribution in [3.63, 3.8) is 0 Å². The van der Waals surface area contributed by atoms with Crippen molar-refractivity contribution >= 4 is 12.1 Å². The molecular formula is C18H19CuKN2O5. The number of nitrogens with zero attached hydrogens (tertiary/aromatic N) is 2. The number of rotatable bonds is 6. The van der Waals surface area contributed by atoms with Crippen LogP contribution in [0.5, 0.6) is 17.2 Å². The molecule has 7 nitrogen and oxygen atoms in total. The van der Waals surface area contributed by atoms with Gasteiger partial charge >= 0.3 is 68.5 Å². The Morgan fingerprint density at radius 2 is 1.74 bits per heavy atom. The molecule has 0 heterocycles. The third kappa shape index (κ3) is 9.22. The van der Waals surface area contributed by atoms with Gasteiger partial charge in [-0.3, -0.25) is 9.98 Å². The van der Waals surface area contributed by atoms with E-state index < -0.39 is 5.90 Å². The number of hydrogen-bond acceptors (Lipinski definition) is 7. The first-order valence-electron chi connectivity index (χ1n) is 7.40. The first kappa shape index (κ1) is 28.3. The summed E-state index contributed by atoms with van der Waals surface area (Å²) < 4.78 is 4.94. The number of methoxy groups -OCH3 is 1. The molecule has 0 aliphatic rings. The van der Waals surface area contributed by atoms with Gasteiger partial charge in [-0.25, -0.2) is 0 Å². The normalized spacial score (nSPS) is 10.3. The first-order valence-corrected chi connectivity index (χ1v) is 7.40. The minimum absolute atomic E-state index is 0. The SMILES string of the molecule is CO.COc1cccc(C=NCCN=C([O-])c2ccccc2[O-])c1[O-].[Cu+2].[K+]. The van der Waals surface area contributed by atoms with Gasteiger partial charge in [0.15, 0.2) is 0 Å². The molecule has 0 amide bonds. The van der Waals surface area contributed by atoms with Gasteiger partial charge in [0, 0.05) is 13.3 Å². The van der Waals surface area contributed by atoms with Gasteiger partial charge in [-0.2, -0.15) is 0 Å². The Hall–Kier alpha value is -0.904. The fourth-order valence-electron chi connectivity index (χ4n) is 1.90. The van der Waals surface area contributed by atoms with Crippen molar-refractivity contribution in [2.45, 2.75) is 0 Å². The van der Waals surface area contributed by atoms with Gasteiger partial charge in [0.2, 0.25) is 0 Å². The van der Waals surface area contributed by atoms with Crippen molar-refractivity contribution in [2.24, 2.45) is 9.98 Å². The maximum Gasteiger partial charge on any atom is 2.00 e. The van der Waals surface area contributed by atoms with E-state index >= 15 is 0 Å². The molecule has 1 radical (unpaired) electrons. The maximum atomic E-state index is 11.9. The van der Waals surface area contributed by atoms with Crippen molar-refractivity contribution in [3.05, 3.63) is 53.6 Å². The number of para-hydroxylation sites is 2. The number of ether oxygens (including phenoxy) is 1. The van der Waals surface area contributed by atoms with E-state index in [2.05, 4.69) is 9.98 Å². The third-order valence-corrected chi connectivity index (χ3v) is 3.06. The van der Waals surface area contributed by atoms with E-state index in [0.29, 0.717) is 5.56 Å². The zero-order valence-corrected chi connectivity index (χ0v) is 19.4. The second-order valence-electron chi connectivity index (χ2n) is 4.60. The van der Waals surface area contributed by atoms with Gasteiger partial charge in [-0.1, -0.05) is 42.1 Å². The summed E-state index contributed by atoms with van der Waals surface area (Å²) in [7, 11) is 2.43. The fraction of sp³-hybridized carbons (Fsp3) is 0.222. The van der Waals surface area contributed by atoms with Gasteiger partial charge in [0.25, 0.3) is 0 Å². The average molecular weight is 446 g/mol. The Labute approximate surface area is 211 Å². The summed E-state index contributed by atoms with van der Waals surface area (Å²) in [6.07, 6.45) is 1.42. The zero-order valence-electron chi connectivity index (χ0n) is 15.3. The van der Waals surface area contributed by atoms with Crippen molar-refractivity contribution in [2.75, 3.05) is 27.3 Å². The number of benzene rings is 2. The second-order valence-corrected chi connectivity index (χ2v) is 4.60. The molecule has 9 heteroatoms. The van der Waals surface area contributed by atoms with Gasteiger partial charge in [-0.15, -0.1) is 5.75 Å². The average Bonchev–Trinajstić information content (AvgIpc) is 2.64. The topological polar surface area (TPSA) is 123 Å². The predicted octanol–water partition coefficient (Wildman–Crippen LogP) is -3.32. The van der Waals surface area contributed by atoms with Crippen molar-refractivity contribution in [3.8, 4) is 17.2 Å². The molecule has 143 valence electrons. The molecule has 0 saturated carbocycles. The van der Waals surface area contributed by atoms with Crippen LogP contribution < -0.4 is 71.4 Å². The Balaban J connectivity index is 0. The van der Waals surface area contributed by atoms with Crippen LogP contribution in [0.4, 0.5) is 0 Å². The van der Waals surface area contributed by atoms with E-state index in [4.69, 9.17) is 9.84 Å². The largest absolute Gasteiger partial charge is 2.00 e. The van der Waals surface area contributed by atoms with Crippen molar-refractivity contribution < 1.29 is 93.6 Å². The molecule has 0 spiro atoms. The maximum absolute atomic E-state index is 11.9. The molecule has 2 aromatic rings. The van der Waals surface area contributed by atoms with Crippen LogP contribution in [-0.2, 0) is 17.1 Å². The van der Waals surface area contributed by atoms with Gasteiger partial charge < -0.3 is 25.2 Å². The van der Waals surface area contributed by atoms with Crippen LogP contribution >= 0.6 is 0 Å². The molecule has 2 aromatic carbocycles. The van der Waals surface area contributed by atoms with E-state index in [1.165, 1.54) is 25.5 Å². The molecule has 0 atom stereocenters. The third-order valence-electron chi connectivity index (χ3n) is 3.06. The van der Waals surface area contributed by atoms with E-state index in [1.54, 1.807) is 30.3 Å². The molecule has 2 rings (SSSR count). The Bertz CT molecular complexity index is 741. The number of hydrogen-bond donors (Lipinski definition) is 1. The smallest absolute Gasteiger partial charge is 0.872 e. The van der Waals surface area contributed by atoms with E-state index in [9.17, 15) is 15.3 Å². The summed E-state index contributed by atoms with van der Waals surface area (Å²) in [5.41, 5.74) is 0.451. The quantitative estimate of drug-likeness (QED) is 0.216. The minimum Gasteiger partial charge on any atom is -0.872 e. The molecule has 1 N–H and O–H groups in total. The van der Waals surface area contributed by atoms with E-state index in [-0.39, 0.29) is 104 Å². The predicted molar refractivity (Wildman–Crippen MR) is 90.3 cm³/mol. The second kappa shape index (κ2) is 16.1. The molecule has 27 heavy (non-hydrogen) atoms. The first-order chi connectivity index (χ1) is 12.1. The molecule has 0 unspecified atom stereocenters. The van der Waals surface area contributed by atoms with Crippen molar-refractivity contribution in [1.29, 1.82) is 0 Å². The van der Waals surface area contributed by atoms with Crippen LogP contribution in [0.3, 0.4) is 0 Å². The van der Waals surface area contributed by atoms with Crippen LogP contribution in [0.25, 0.3) is 0 Å². The van der Waals surface area contributed by atoms with Crippen LogP contribution in [0.15, 0.2) is 52.4 Å². The molecule has 0 saturated heterocycles. The summed E-state index contributed by atoms with van der Waals surface area (Å²) in [6.45, 7) is 0.380. The van der Waals surface area contributed by atoms with Gasteiger partial charge in [0.1, 0.15) is 5.75 Å². The summed E-state index contributed by atoms with van der Waals surface area (Å²) in [4.78, 5) is 7.85. The summed E-state index contributed by atoms with van der Waals surface area (Å²) in [5.74, 6) is -0.901.